The standard InChI is InChI=1S/C27H34ClNO2/c1-17(2)19-10-13-22-21(14-19)24(26(3,4)5)23(15-27(6,7)25(30)31)29(22)16-18-8-11-20(28)12-9-18/h8-14,17H,15-16H2,1-7H3,(H,30,31). The molecule has 0 aliphatic carbocycles. The molecule has 2 aromatic carbocycles. The van der Waals surface area contributed by atoms with Gasteiger partial charge in [0.1, 0.15) is 0 Å². The fraction of sp³-hybridized carbons (Fsp3) is 0.444. The van der Waals surface area contributed by atoms with E-state index in [0.717, 1.165) is 16.8 Å². The van der Waals surface area contributed by atoms with Crippen molar-refractivity contribution < 1.29 is 9.90 Å². The summed E-state index contributed by atoms with van der Waals surface area (Å²) in [5.74, 6) is -0.353. The fourth-order valence-corrected chi connectivity index (χ4v) is 4.38. The van der Waals surface area contributed by atoms with E-state index in [0.29, 0.717) is 23.9 Å². The zero-order chi connectivity index (χ0) is 23.1. The molecule has 0 aliphatic heterocycles. The van der Waals surface area contributed by atoms with E-state index in [2.05, 4.69) is 57.4 Å². The number of halogens is 1. The van der Waals surface area contributed by atoms with Crippen LogP contribution in [0.3, 0.4) is 0 Å². The smallest absolute Gasteiger partial charge is 0.309 e. The molecule has 0 amide bonds. The van der Waals surface area contributed by atoms with Crippen LogP contribution < -0.4 is 0 Å². The largest absolute Gasteiger partial charge is 0.481 e. The van der Waals surface area contributed by atoms with E-state index in [1.807, 2.05) is 38.1 Å². The van der Waals surface area contributed by atoms with Crippen LogP contribution in [0.4, 0.5) is 0 Å². The Balaban J connectivity index is 2.33. The summed E-state index contributed by atoms with van der Waals surface area (Å²) in [7, 11) is 0. The van der Waals surface area contributed by atoms with Crippen molar-refractivity contribution in [3.05, 3.63) is 69.9 Å². The number of benzene rings is 2. The van der Waals surface area contributed by atoms with Gasteiger partial charge in [-0.2, -0.15) is 0 Å². The highest BCUT2D eigenvalue weighted by molar-refractivity contribution is 6.30. The second kappa shape index (κ2) is 8.35. The van der Waals surface area contributed by atoms with Gasteiger partial charge in [0.25, 0.3) is 0 Å². The van der Waals surface area contributed by atoms with Crippen LogP contribution in [-0.4, -0.2) is 15.6 Å². The molecule has 166 valence electrons. The molecule has 0 atom stereocenters. The first-order valence-electron chi connectivity index (χ1n) is 10.9. The third kappa shape index (κ3) is 4.82. The minimum Gasteiger partial charge on any atom is -0.481 e. The minimum atomic E-state index is -0.868. The second-order valence-corrected chi connectivity index (χ2v) is 11.0. The Morgan fingerprint density at radius 1 is 1.03 bits per heavy atom. The lowest BCUT2D eigenvalue weighted by Crippen LogP contribution is -2.29. The number of aliphatic carboxylic acids is 1. The lowest BCUT2D eigenvalue weighted by atomic mass is 9.79. The summed E-state index contributed by atoms with van der Waals surface area (Å²) in [6, 6.07) is 14.6. The van der Waals surface area contributed by atoms with Crippen LogP contribution in [0, 0.1) is 5.41 Å². The molecule has 1 heterocycles. The number of carboxylic acids is 1. The van der Waals surface area contributed by atoms with E-state index in [4.69, 9.17) is 11.6 Å². The molecule has 1 N–H and O–H groups in total. The van der Waals surface area contributed by atoms with E-state index in [1.54, 1.807) is 0 Å². The van der Waals surface area contributed by atoms with Crippen molar-refractivity contribution in [2.75, 3.05) is 0 Å². The van der Waals surface area contributed by atoms with Gasteiger partial charge in [-0.1, -0.05) is 64.4 Å². The van der Waals surface area contributed by atoms with Crippen LogP contribution in [0.25, 0.3) is 10.9 Å². The van der Waals surface area contributed by atoms with Crippen molar-refractivity contribution in [2.45, 2.75) is 72.8 Å². The number of rotatable bonds is 6. The third-order valence-corrected chi connectivity index (χ3v) is 6.31. The predicted molar refractivity (Wildman–Crippen MR) is 130 cm³/mol. The first-order chi connectivity index (χ1) is 14.3. The van der Waals surface area contributed by atoms with Gasteiger partial charge in [-0.15, -0.1) is 0 Å². The Kier molecular flexibility index (Phi) is 6.30. The van der Waals surface area contributed by atoms with E-state index >= 15 is 0 Å². The summed E-state index contributed by atoms with van der Waals surface area (Å²) in [4.78, 5) is 12.0. The highest BCUT2D eigenvalue weighted by Crippen LogP contribution is 2.40. The molecule has 4 heteroatoms. The number of carboxylic acid groups (broad SMARTS) is 1. The van der Waals surface area contributed by atoms with Gasteiger partial charge < -0.3 is 9.67 Å². The molecule has 3 nitrogen and oxygen atoms in total. The molecule has 0 unspecified atom stereocenters. The van der Waals surface area contributed by atoms with Gasteiger partial charge in [0.2, 0.25) is 0 Å². The fourth-order valence-electron chi connectivity index (χ4n) is 4.25. The molecule has 0 spiro atoms. The van der Waals surface area contributed by atoms with Crippen molar-refractivity contribution in [1.82, 2.24) is 4.57 Å². The molecule has 3 aromatic rings. The summed E-state index contributed by atoms with van der Waals surface area (Å²) in [5, 5.41) is 11.8. The molecular weight excluding hydrogens is 406 g/mol. The van der Waals surface area contributed by atoms with Crippen molar-refractivity contribution >= 4 is 28.5 Å². The second-order valence-electron chi connectivity index (χ2n) is 10.6. The van der Waals surface area contributed by atoms with Gasteiger partial charge in [-0.25, -0.2) is 0 Å². The maximum Gasteiger partial charge on any atom is 0.309 e. The minimum absolute atomic E-state index is 0.122. The molecule has 31 heavy (non-hydrogen) atoms. The monoisotopic (exact) mass is 439 g/mol. The van der Waals surface area contributed by atoms with Gasteiger partial charge in [-0.05, 0) is 66.1 Å². The molecule has 3 rings (SSSR count). The summed E-state index contributed by atoms with van der Waals surface area (Å²) in [6.07, 6.45) is 0.466. The first kappa shape index (κ1) is 23.4. The average Bonchev–Trinajstić information content (AvgIpc) is 2.95. The summed E-state index contributed by atoms with van der Waals surface area (Å²) in [5.41, 5.74) is 4.95. The highest BCUT2D eigenvalue weighted by atomic mass is 35.5. The normalized spacial score (nSPS) is 12.7. The summed E-state index contributed by atoms with van der Waals surface area (Å²) in [6.45, 7) is 15.4. The molecule has 0 saturated carbocycles. The first-order valence-corrected chi connectivity index (χ1v) is 11.3. The average molecular weight is 440 g/mol. The van der Waals surface area contributed by atoms with E-state index in [-0.39, 0.29) is 5.41 Å². The number of aromatic nitrogens is 1. The van der Waals surface area contributed by atoms with Crippen LogP contribution >= 0.6 is 11.6 Å². The number of nitrogens with zero attached hydrogens (tertiary/aromatic N) is 1. The lowest BCUT2D eigenvalue weighted by Gasteiger charge is -2.26. The Morgan fingerprint density at radius 2 is 1.65 bits per heavy atom. The van der Waals surface area contributed by atoms with Crippen LogP contribution in [0.5, 0.6) is 0 Å². The molecule has 0 aliphatic rings. The zero-order valence-electron chi connectivity index (χ0n) is 19.7. The molecule has 0 radical (unpaired) electrons. The molecule has 0 bridgehead atoms. The molecule has 0 saturated heterocycles. The van der Waals surface area contributed by atoms with E-state index < -0.39 is 11.4 Å². The number of carbonyl (C=O) groups is 1. The van der Waals surface area contributed by atoms with Crippen LogP contribution in [0.2, 0.25) is 5.02 Å². The van der Waals surface area contributed by atoms with Crippen molar-refractivity contribution in [1.29, 1.82) is 0 Å². The Labute approximate surface area is 191 Å². The molecule has 0 fully saturated rings. The number of fused-ring (bicyclic) bond motifs is 1. The highest BCUT2D eigenvalue weighted by Gasteiger charge is 2.34. The predicted octanol–water partition coefficient (Wildman–Crippen LogP) is 7.42. The van der Waals surface area contributed by atoms with Gasteiger partial charge in [0.15, 0.2) is 0 Å². The van der Waals surface area contributed by atoms with Crippen molar-refractivity contribution in [2.24, 2.45) is 5.41 Å². The summed E-state index contributed by atoms with van der Waals surface area (Å²) >= 11 is 6.10. The van der Waals surface area contributed by atoms with Crippen LogP contribution in [-0.2, 0) is 23.2 Å². The van der Waals surface area contributed by atoms with Gasteiger partial charge in [0, 0.05) is 34.6 Å². The molecular formula is C27H34ClNO2. The van der Waals surface area contributed by atoms with Crippen molar-refractivity contribution in [3.63, 3.8) is 0 Å². The summed E-state index contributed by atoms with van der Waals surface area (Å²) < 4.78 is 2.31. The number of hydrogen-bond acceptors (Lipinski definition) is 1. The SMILES string of the molecule is CC(C)c1ccc2c(c1)c(C(C)(C)C)c(CC(C)(C)C(=O)O)n2Cc1ccc(Cl)cc1. The lowest BCUT2D eigenvalue weighted by molar-refractivity contribution is -0.146. The van der Waals surface area contributed by atoms with Crippen molar-refractivity contribution in [3.8, 4) is 0 Å². The van der Waals surface area contributed by atoms with Gasteiger partial charge in [0.05, 0.1) is 5.41 Å². The Hall–Kier alpha value is -2.26. The Bertz CT molecular complexity index is 1100. The van der Waals surface area contributed by atoms with E-state index in [9.17, 15) is 9.90 Å². The van der Waals surface area contributed by atoms with Gasteiger partial charge in [-0.3, -0.25) is 4.79 Å². The Morgan fingerprint density at radius 3 is 2.16 bits per heavy atom. The number of hydrogen-bond donors (Lipinski definition) is 1. The molecule has 1 aromatic heterocycles. The topological polar surface area (TPSA) is 42.2 Å². The van der Waals surface area contributed by atoms with Crippen LogP contribution in [0.15, 0.2) is 42.5 Å². The van der Waals surface area contributed by atoms with Gasteiger partial charge >= 0.3 is 5.97 Å². The maximum absolute atomic E-state index is 12.0. The van der Waals surface area contributed by atoms with E-state index in [1.165, 1.54) is 16.5 Å². The maximum atomic E-state index is 12.0. The zero-order valence-corrected chi connectivity index (χ0v) is 20.5. The third-order valence-electron chi connectivity index (χ3n) is 6.05. The quantitative estimate of drug-likeness (QED) is 0.434. The van der Waals surface area contributed by atoms with Crippen LogP contribution in [0.1, 0.15) is 76.8 Å².